The van der Waals surface area contributed by atoms with E-state index in [-0.39, 0.29) is 17.3 Å². The van der Waals surface area contributed by atoms with Crippen LogP contribution in [0.3, 0.4) is 0 Å². The van der Waals surface area contributed by atoms with E-state index in [1.807, 2.05) is 50.2 Å². The van der Waals surface area contributed by atoms with Gasteiger partial charge in [-0.1, -0.05) is 47.5 Å². The smallest absolute Gasteiger partial charge is 0.264 e. The number of benzene rings is 3. The maximum atomic E-state index is 13.4. The van der Waals surface area contributed by atoms with E-state index in [4.69, 9.17) is 11.6 Å². The predicted molar refractivity (Wildman–Crippen MR) is 137 cm³/mol. The van der Waals surface area contributed by atoms with Crippen molar-refractivity contribution in [1.82, 2.24) is 5.32 Å². The molecule has 0 aliphatic rings. The fourth-order valence-corrected chi connectivity index (χ4v) is 5.80. The Bertz CT molecular complexity index is 1180. The minimum absolute atomic E-state index is 0.150. The minimum atomic E-state index is -3.90. The first kappa shape index (κ1) is 25.1. The Morgan fingerprint density at radius 3 is 2.36 bits per heavy atom. The summed E-state index contributed by atoms with van der Waals surface area (Å²) in [6.07, 6.45) is 0.758. The van der Waals surface area contributed by atoms with Gasteiger partial charge in [0.25, 0.3) is 10.0 Å². The first-order valence-corrected chi connectivity index (χ1v) is 13.4. The van der Waals surface area contributed by atoms with Gasteiger partial charge in [-0.25, -0.2) is 8.42 Å². The van der Waals surface area contributed by atoms with Crippen molar-refractivity contribution in [3.8, 4) is 0 Å². The van der Waals surface area contributed by atoms with Crippen molar-refractivity contribution in [2.45, 2.75) is 30.1 Å². The van der Waals surface area contributed by atoms with Gasteiger partial charge in [-0.05, 0) is 74.0 Å². The molecule has 0 aliphatic carbocycles. The van der Waals surface area contributed by atoms with Crippen LogP contribution in [0.2, 0.25) is 5.02 Å². The van der Waals surface area contributed by atoms with E-state index in [9.17, 15) is 13.2 Å². The van der Waals surface area contributed by atoms with Crippen LogP contribution < -0.4 is 9.62 Å². The summed E-state index contributed by atoms with van der Waals surface area (Å²) in [5.74, 6) is 0.483. The molecule has 3 aromatic rings. The van der Waals surface area contributed by atoms with Crippen LogP contribution in [0, 0.1) is 13.8 Å². The van der Waals surface area contributed by atoms with Gasteiger partial charge in [0, 0.05) is 16.5 Å². The Morgan fingerprint density at radius 2 is 1.70 bits per heavy atom. The van der Waals surface area contributed by atoms with Crippen molar-refractivity contribution >= 4 is 45.0 Å². The summed E-state index contributed by atoms with van der Waals surface area (Å²) in [6.45, 7) is 3.97. The van der Waals surface area contributed by atoms with Gasteiger partial charge in [-0.3, -0.25) is 9.10 Å². The van der Waals surface area contributed by atoms with Gasteiger partial charge in [0.05, 0.1) is 10.6 Å². The quantitative estimate of drug-likeness (QED) is 0.295. The molecule has 3 rings (SSSR count). The summed E-state index contributed by atoms with van der Waals surface area (Å²) >= 11 is 7.58. The predicted octanol–water partition coefficient (Wildman–Crippen LogP) is 5.45. The van der Waals surface area contributed by atoms with Gasteiger partial charge >= 0.3 is 0 Å². The first-order valence-electron chi connectivity index (χ1n) is 10.6. The van der Waals surface area contributed by atoms with Crippen molar-refractivity contribution in [2.24, 2.45) is 0 Å². The average molecular weight is 503 g/mol. The fourth-order valence-electron chi connectivity index (χ4n) is 3.31. The monoisotopic (exact) mass is 502 g/mol. The molecule has 0 heterocycles. The van der Waals surface area contributed by atoms with Gasteiger partial charge in [-0.2, -0.15) is 0 Å². The zero-order valence-corrected chi connectivity index (χ0v) is 21.0. The van der Waals surface area contributed by atoms with E-state index in [2.05, 4.69) is 5.32 Å². The lowest BCUT2D eigenvalue weighted by molar-refractivity contribution is -0.119. The van der Waals surface area contributed by atoms with Gasteiger partial charge in [0.1, 0.15) is 6.54 Å². The van der Waals surface area contributed by atoms with Crippen LogP contribution in [-0.4, -0.2) is 33.2 Å². The maximum absolute atomic E-state index is 13.4. The van der Waals surface area contributed by atoms with Crippen molar-refractivity contribution < 1.29 is 13.2 Å². The van der Waals surface area contributed by atoms with Crippen LogP contribution in [0.4, 0.5) is 5.69 Å². The van der Waals surface area contributed by atoms with E-state index < -0.39 is 10.0 Å². The number of nitrogens with one attached hydrogen (secondary N) is 1. The molecule has 0 aromatic heterocycles. The molecule has 0 spiro atoms. The van der Waals surface area contributed by atoms with E-state index in [1.165, 1.54) is 16.4 Å². The van der Waals surface area contributed by atoms with E-state index >= 15 is 0 Å². The third-order valence-corrected chi connectivity index (χ3v) is 8.09. The van der Waals surface area contributed by atoms with Crippen molar-refractivity contribution in [3.05, 3.63) is 88.9 Å². The Kier molecular flexibility index (Phi) is 8.83. The van der Waals surface area contributed by atoms with Crippen LogP contribution in [0.5, 0.6) is 0 Å². The molecular weight excluding hydrogens is 476 g/mol. The van der Waals surface area contributed by atoms with Crippen LogP contribution >= 0.6 is 23.4 Å². The summed E-state index contributed by atoms with van der Waals surface area (Å²) in [4.78, 5) is 14.0. The maximum Gasteiger partial charge on any atom is 0.264 e. The van der Waals surface area contributed by atoms with Gasteiger partial charge in [0.15, 0.2) is 0 Å². The van der Waals surface area contributed by atoms with Crippen LogP contribution in [0.1, 0.15) is 17.5 Å². The zero-order valence-electron chi connectivity index (χ0n) is 18.6. The Morgan fingerprint density at radius 1 is 1.00 bits per heavy atom. The highest BCUT2D eigenvalue weighted by Gasteiger charge is 2.28. The molecule has 33 heavy (non-hydrogen) atoms. The minimum Gasteiger partial charge on any atom is -0.354 e. The second-order valence-electron chi connectivity index (χ2n) is 7.62. The molecule has 0 atom stereocenters. The number of carbonyl (C=O) groups excluding carboxylic acids is 1. The molecule has 0 bridgehead atoms. The molecule has 3 aromatic carbocycles. The third-order valence-electron chi connectivity index (χ3n) is 4.97. The summed E-state index contributed by atoms with van der Waals surface area (Å²) in [5.41, 5.74) is 2.32. The number of thioether (sulfide) groups is 1. The van der Waals surface area contributed by atoms with E-state index in [0.29, 0.717) is 17.3 Å². The molecule has 8 heteroatoms. The topological polar surface area (TPSA) is 66.5 Å². The molecule has 174 valence electrons. The number of carbonyl (C=O) groups is 1. The van der Waals surface area contributed by atoms with Gasteiger partial charge in [0.2, 0.25) is 5.91 Å². The first-order chi connectivity index (χ1) is 15.8. The number of hydrogen-bond donors (Lipinski definition) is 1. The summed E-state index contributed by atoms with van der Waals surface area (Å²) in [7, 11) is -3.90. The van der Waals surface area contributed by atoms with Crippen LogP contribution in [-0.2, 0) is 14.8 Å². The molecule has 0 radical (unpaired) electrons. The molecule has 1 N–H and O–H groups in total. The summed E-state index contributed by atoms with van der Waals surface area (Å²) in [6, 6.07) is 21.3. The number of sulfonamides is 1. The highest BCUT2D eigenvalue weighted by molar-refractivity contribution is 7.99. The van der Waals surface area contributed by atoms with E-state index in [1.54, 1.807) is 36.0 Å². The van der Waals surface area contributed by atoms with Crippen LogP contribution in [0.25, 0.3) is 0 Å². The number of anilines is 1. The molecule has 0 fully saturated rings. The molecule has 0 saturated heterocycles. The van der Waals surface area contributed by atoms with Gasteiger partial charge < -0.3 is 5.32 Å². The molecule has 1 amide bonds. The standard InChI is InChI=1S/C25H27ClN2O3S2/c1-19-9-14-24(20(2)17-19)28(33(30,31)23-7-4-3-5-8-23)18-25(29)27-15-6-16-32-22-12-10-21(26)11-13-22/h3-5,7-14,17H,6,15-16,18H2,1-2H3,(H,27,29). The van der Waals surface area contributed by atoms with Crippen molar-refractivity contribution in [1.29, 1.82) is 0 Å². The number of halogens is 1. The van der Waals surface area contributed by atoms with Crippen molar-refractivity contribution in [3.63, 3.8) is 0 Å². The summed E-state index contributed by atoms with van der Waals surface area (Å²) < 4.78 is 28.0. The van der Waals surface area contributed by atoms with E-state index in [0.717, 1.165) is 28.2 Å². The average Bonchev–Trinajstić information content (AvgIpc) is 2.79. The highest BCUT2D eigenvalue weighted by atomic mass is 35.5. The molecule has 0 unspecified atom stereocenters. The number of nitrogens with zero attached hydrogens (tertiary/aromatic N) is 1. The third kappa shape index (κ3) is 7.00. The highest BCUT2D eigenvalue weighted by Crippen LogP contribution is 2.27. The normalized spacial score (nSPS) is 11.2. The Hall–Kier alpha value is -2.48. The second-order valence-corrected chi connectivity index (χ2v) is 11.1. The molecule has 0 saturated carbocycles. The number of hydrogen-bond acceptors (Lipinski definition) is 4. The Balaban J connectivity index is 1.65. The zero-order chi connectivity index (χ0) is 23.8. The Labute approximate surface area is 205 Å². The van der Waals surface area contributed by atoms with Crippen LogP contribution in [0.15, 0.2) is 82.6 Å². The number of rotatable bonds is 10. The molecule has 0 aliphatic heterocycles. The lowest BCUT2D eigenvalue weighted by Crippen LogP contribution is -2.41. The van der Waals surface area contributed by atoms with Crippen molar-refractivity contribution in [2.75, 3.05) is 23.1 Å². The van der Waals surface area contributed by atoms with Gasteiger partial charge in [-0.15, -0.1) is 11.8 Å². The SMILES string of the molecule is Cc1ccc(N(CC(=O)NCCCSc2ccc(Cl)cc2)S(=O)(=O)c2ccccc2)c(C)c1. The fraction of sp³-hybridized carbons (Fsp3) is 0.240. The number of aryl methyl sites for hydroxylation is 2. The lowest BCUT2D eigenvalue weighted by Gasteiger charge is -2.26. The second kappa shape index (κ2) is 11.6. The lowest BCUT2D eigenvalue weighted by atomic mass is 10.1. The summed E-state index contributed by atoms with van der Waals surface area (Å²) in [5, 5.41) is 3.55. The molecular formula is C25H27ClN2O3S2. The number of amides is 1. The largest absolute Gasteiger partial charge is 0.354 e. The molecule has 5 nitrogen and oxygen atoms in total.